The molecule has 0 aliphatic carbocycles. The molecule has 2 amide bonds. The fraction of sp³-hybridized carbons (Fsp3) is 0.208. The number of aromatic nitrogens is 1. The molecule has 1 aromatic heterocycles. The SMILES string of the molecule is COc1cccc(Cl)c1Cn1ccc(O)c(NC(=O)N[C@@H](CC=O)c2cccc(C)c2)c1=O. The Morgan fingerprint density at radius 1 is 1.24 bits per heavy atom. The zero-order valence-corrected chi connectivity index (χ0v) is 18.9. The molecule has 2 aromatic carbocycles. The largest absolute Gasteiger partial charge is 0.505 e. The topological polar surface area (TPSA) is 110 Å². The van der Waals surface area contributed by atoms with Crippen molar-refractivity contribution in [2.45, 2.75) is 25.9 Å². The molecular weight excluding hydrogens is 446 g/mol. The van der Waals surface area contributed by atoms with Crippen LogP contribution in [0.3, 0.4) is 0 Å². The van der Waals surface area contributed by atoms with Crippen LogP contribution in [0.4, 0.5) is 10.5 Å². The molecule has 0 fully saturated rings. The van der Waals surface area contributed by atoms with E-state index in [1.165, 1.54) is 23.9 Å². The number of nitrogens with one attached hydrogen (secondary N) is 2. The number of carbonyl (C=O) groups is 2. The Hall–Kier alpha value is -3.78. The molecule has 8 nitrogen and oxygen atoms in total. The van der Waals surface area contributed by atoms with Crippen LogP contribution in [0, 0.1) is 6.92 Å². The summed E-state index contributed by atoms with van der Waals surface area (Å²) in [6.45, 7) is 1.97. The number of anilines is 1. The lowest BCUT2D eigenvalue weighted by Crippen LogP contribution is -2.35. The highest BCUT2D eigenvalue weighted by Crippen LogP contribution is 2.27. The summed E-state index contributed by atoms with van der Waals surface area (Å²) < 4.78 is 6.61. The van der Waals surface area contributed by atoms with Crippen molar-refractivity contribution in [2.75, 3.05) is 12.4 Å². The van der Waals surface area contributed by atoms with Crippen LogP contribution in [0.25, 0.3) is 0 Å². The third-order valence-electron chi connectivity index (χ3n) is 5.09. The zero-order chi connectivity index (χ0) is 24.0. The Balaban J connectivity index is 1.84. The van der Waals surface area contributed by atoms with Crippen LogP contribution in [0.5, 0.6) is 11.5 Å². The molecule has 0 aliphatic heterocycles. The molecule has 0 aliphatic rings. The van der Waals surface area contributed by atoms with E-state index in [9.17, 15) is 19.5 Å². The Morgan fingerprint density at radius 3 is 2.70 bits per heavy atom. The molecule has 0 saturated heterocycles. The van der Waals surface area contributed by atoms with Gasteiger partial charge in [-0.15, -0.1) is 0 Å². The maximum atomic E-state index is 13.0. The lowest BCUT2D eigenvalue weighted by atomic mass is 10.0. The Bertz CT molecular complexity index is 1220. The number of benzene rings is 2. The first-order valence-corrected chi connectivity index (χ1v) is 10.5. The summed E-state index contributed by atoms with van der Waals surface area (Å²) in [5.41, 5.74) is 1.38. The van der Waals surface area contributed by atoms with Crippen LogP contribution >= 0.6 is 11.6 Å². The number of rotatable bonds is 8. The molecular formula is C24H24ClN3O5. The van der Waals surface area contributed by atoms with Crippen LogP contribution in [-0.2, 0) is 11.3 Å². The first-order valence-electron chi connectivity index (χ1n) is 10.2. The van der Waals surface area contributed by atoms with Crippen LogP contribution < -0.4 is 20.9 Å². The summed E-state index contributed by atoms with van der Waals surface area (Å²) in [5.74, 6) is 0.115. The third-order valence-corrected chi connectivity index (χ3v) is 5.44. The summed E-state index contributed by atoms with van der Waals surface area (Å²) in [4.78, 5) is 36.8. The fourth-order valence-electron chi connectivity index (χ4n) is 3.43. The molecule has 1 heterocycles. The van der Waals surface area contributed by atoms with Gasteiger partial charge in [-0.05, 0) is 30.7 Å². The summed E-state index contributed by atoms with van der Waals surface area (Å²) in [6.07, 6.45) is 2.15. The van der Waals surface area contributed by atoms with Crippen LogP contribution in [0.1, 0.15) is 29.2 Å². The Labute approximate surface area is 195 Å². The van der Waals surface area contributed by atoms with Crippen LogP contribution in [0.2, 0.25) is 5.02 Å². The van der Waals surface area contributed by atoms with E-state index in [1.54, 1.807) is 24.3 Å². The van der Waals surface area contributed by atoms with E-state index in [4.69, 9.17) is 16.3 Å². The molecule has 0 spiro atoms. The van der Waals surface area contributed by atoms with E-state index in [-0.39, 0.29) is 24.4 Å². The van der Waals surface area contributed by atoms with Crippen molar-refractivity contribution in [1.29, 1.82) is 0 Å². The van der Waals surface area contributed by atoms with Crippen molar-refractivity contribution in [3.8, 4) is 11.5 Å². The average molecular weight is 470 g/mol. The Morgan fingerprint density at radius 2 is 2.00 bits per heavy atom. The van der Waals surface area contributed by atoms with Crippen LogP contribution in [-0.4, -0.2) is 29.1 Å². The molecule has 1 atom stereocenters. The number of carbonyl (C=O) groups excluding carboxylic acids is 2. The minimum absolute atomic E-state index is 0.0498. The minimum atomic E-state index is -0.733. The highest BCUT2D eigenvalue weighted by Gasteiger charge is 2.19. The van der Waals surface area contributed by atoms with E-state index >= 15 is 0 Å². The van der Waals surface area contributed by atoms with Gasteiger partial charge in [0.15, 0.2) is 5.69 Å². The van der Waals surface area contributed by atoms with Crippen molar-refractivity contribution in [1.82, 2.24) is 9.88 Å². The number of ether oxygens (including phenoxy) is 1. The number of halogens is 1. The monoisotopic (exact) mass is 469 g/mol. The zero-order valence-electron chi connectivity index (χ0n) is 18.2. The maximum absolute atomic E-state index is 13.0. The first kappa shape index (κ1) is 23.9. The first-order chi connectivity index (χ1) is 15.8. The number of aryl methyl sites for hydroxylation is 1. The second-order valence-electron chi connectivity index (χ2n) is 7.40. The number of amides is 2. The second kappa shape index (κ2) is 10.7. The molecule has 9 heteroatoms. The van der Waals surface area contributed by atoms with E-state index in [2.05, 4.69) is 10.6 Å². The van der Waals surface area contributed by atoms with Crippen LogP contribution in [0.15, 0.2) is 59.5 Å². The van der Waals surface area contributed by atoms with Gasteiger partial charge in [-0.2, -0.15) is 0 Å². The molecule has 0 saturated carbocycles. The van der Waals surface area contributed by atoms with Gasteiger partial charge in [0.1, 0.15) is 17.8 Å². The second-order valence-corrected chi connectivity index (χ2v) is 7.80. The van der Waals surface area contributed by atoms with Crippen molar-refractivity contribution < 1.29 is 19.4 Å². The molecule has 172 valence electrons. The Kier molecular flexibility index (Phi) is 7.74. The minimum Gasteiger partial charge on any atom is -0.505 e. The van der Waals surface area contributed by atoms with Crippen molar-refractivity contribution in [3.63, 3.8) is 0 Å². The maximum Gasteiger partial charge on any atom is 0.319 e. The van der Waals surface area contributed by atoms with Gasteiger partial charge >= 0.3 is 6.03 Å². The number of methoxy groups -OCH3 is 1. The number of aldehydes is 1. The number of hydrogen-bond donors (Lipinski definition) is 3. The predicted molar refractivity (Wildman–Crippen MR) is 126 cm³/mol. The highest BCUT2D eigenvalue weighted by atomic mass is 35.5. The molecule has 0 bridgehead atoms. The summed E-state index contributed by atoms with van der Waals surface area (Å²) in [7, 11) is 1.50. The molecule has 3 N–H and O–H groups in total. The van der Waals surface area contributed by atoms with Crippen molar-refractivity contribution >= 4 is 29.6 Å². The normalized spacial score (nSPS) is 11.5. The van der Waals surface area contributed by atoms with Gasteiger partial charge in [-0.1, -0.05) is 47.5 Å². The number of urea groups is 1. The van der Waals surface area contributed by atoms with Gasteiger partial charge in [0, 0.05) is 23.2 Å². The predicted octanol–water partition coefficient (Wildman–Crippen LogP) is 4.02. The van der Waals surface area contributed by atoms with Gasteiger partial charge in [-0.3, -0.25) is 4.79 Å². The molecule has 3 rings (SSSR count). The van der Waals surface area contributed by atoms with Gasteiger partial charge in [0.2, 0.25) is 0 Å². The smallest absolute Gasteiger partial charge is 0.319 e. The third kappa shape index (κ3) is 5.72. The van der Waals surface area contributed by atoms with Crippen molar-refractivity contribution in [3.05, 3.63) is 86.8 Å². The van der Waals surface area contributed by atoms with E-state index in [0.29, 0.717) is 22.6 Å². The average Bonchev–Trinajstić information content (AvgIpc) is 2.79. The fourth-order valence-corrected chi connectivity index (χ4v) is 3.66. The molecule has 3 aromatic rings. The van der Waals surface area contributed by atoms with Gasteiger partial charge < -0.3 is 29.8 Å². The summed E-state index contributed by atoms with van der Waals surface area (Å²) >= 11 is 6.27. The highest BCUT2D eigenvalue weighted by molar-refractivity contribution is 6.31. The van der Waals surface area contributed by atoms with Gasteiger partial charge in [-0.25, -0.2) is 4.79 Å². The number of hydrogen-bond acceptors (Lipinski definition) is 5. The van der Waals surface area contributed by atoms with Gasteiger partial charge in [0.25, 0.3) is 5.56 Å². The molecule has 0 radical (unpaired) electrons. The number of aromatic hydroxyl groups is 1. The summed E-state index contributed by atoms with van der Waals surface area (Å²) in [6, 6.07) is 12.5. The summed E-state index contributed by atoms with van der Waals surface area (Å²) in [5, 5.41) is 15.7. The number of pyridine rings is 1. The molecule has 33 heavy (non-hydrogen) atoms. The van der Waals surface area contributed by atoms with Crippen molar-refractivity contribution in [2.24, 2.45) is 0 Å². The standard InChI is InChI=1S/C24H24ClN3O5/c1-15-5-3-6-16(13-15)19(10-12-29)26-24(32)27-22-20(30)9-11-28(23(22)31)14-17-18(25)7-4-8-21(17)33-2/h3-9,11-13,19,30H,10,14H2,1-2H3,(H2,26,27,32)/t19-/m0/s1. The van der Waals surface area contributed by atoms with E-state index in [1.807, 2.05) is 25.1 Å². The lowest BCUT2D eigenvalue weighted by Gasteiger charge is -2.18. The van der Waals surface area contributed by atoms with E-state index in [0.717, 1.165) is 11.1 Å². The van der Waals surface area contributed by atoms with Gasteiger partial charge in [0.05, 0.1) is 19.7 Å². The van der Waals surface area contributed by atoms with E-state index < -0.39 is 17.6 Å². The number of nitrogens with zero attached hydrogens (tertiary/aromatic N) is 1. The molecule has 0 unspecified atom stereocenters. The quantitative estimate of drug-likeness (QED) is 0.431. The lowest BCUT2D eigenvalue weighted by molar-refractivity contribution is -0.108.